The maximum Gasteiger partial charge on any atom is 0.0700 e. The first-order valence-electron chi connectivity index (χ1n) is 7.91. The van der Waals surface area contributed by atoms with Crippen LogP contribution in [0.25, 0.3) is 0 Å². The molecule has 2 aliphatic rings. The Labute approximate surface area is 117 Å². The summed E-state index contributed by atoms with van der Waals surface area (Å²) in [6, 6.07) is 0.876. The summed E-state index contributed by atoms with van der Waals surface area (Å²) in [6.07, 6.45) is 6.72. The average Bonchev–Trinajstić information content (AvgIpc) is 3.27. The molecule has 0 aromatic rings. The minimum Gasteiger partial charge on any atom is -0.382 e. The quantitative estimate of drug-likeness (QED) is 0.610. The van der Waals surface area contributed by atoms with Gasteiger partial charge in [-0.1, -0.05) is 0 Å². The van der Waals surface area contributed by atoms with Gasteiger partial charge in [0.05, 0.1) is 13.2 Å². The van der Waals surface area contributed by atoms with Crippen LogP contribution in [0, 0.1) is 5.92 Å². The van der Waals surface area contributed by atoms with Gasteiger partial charge < -0.3 is 14.8 Å². The lowest BCUT2D eigenvalue weighted by atomic mass is 9.99. The van der Waals surface area contributed by atoms with Crippen LogP contribution in [0.4, 0.5) is 0 Å². The molecular weight excluding hydrogens is 240 g/mol. The molecule has 1 N–H and O–H groups in total. The van der Waals surface area contributed by atoms with Crippen LogP contribution in [0.15, 0.2) is 0 Å². The molecule has 112 valence electrons. The van der Waals surface area contributed by atoms with Crippen LogP contribution in [-0.2, 0) is 9.47 Å². The summed E-state index contributed by atoms with van der Waals surface area (Å²) in [5, 5.41) is 3.52. The van der Waals surface area contributed by atoms with Crippen molar-refractivity contribution in [3.63, 3.8) is 0 Å². The van der Waals surface area contributed by atoms with Gasteiger partial charge in [-0.05, 0) is 51.1 Å². The van der Waals surface area contributed by atoms with Crippen molar-refractivity contribution in [2.45, 2.75) is 38.1 Å². The Balaban J connectivity index is 1.57. The Bertz CT molecular complexity index is 228. The van der Waals surface area contributed by atoms with E-state index in [9.17, 15) is 0 Å². The zero-order valence-corrected chi connectivity index (χ0v) is 12.4. The maximum atomic E-state index is 5.55. The van der Waals surface area contributed by atoms with Gasteiger partial charge in [0.25, 0.3) is 0 Å². The van der Waals surface area contributed by atoms with Crippen LogP contribution in [-0.4, -0.2) is 64.1 Å². The molecule has 2 rings (SSSR count). The number of piperidine rings is 1. The van der Waals surface area contributed by atoms with Gasteiger partial charge in [-0.2, -0.15) is 0 Å². The molecule has 4 nitrogen and oxygen atoms in total. The van der Waals surface area contributed by atoms with Gasteiger partial charge in [-0.15, -0.1) is 0 Å². The highest BCUT2D eigenvalue weighted by molar-refractivity contribution is 4.86. The molecule has 0 aromatic heterocycles. The Morgan fingerprint density at radius 2 is 2.05 bits per heavy atom. The van der Waals surface area contributed by atoms with E-state index in [1.165, 1.54) is 51.9 Å². The number of ether oxygens (including phenoxy) is 2. The molecule has 2 fully saturated rings. The summed E-state index contributed by atoms with van der Waals surface area (Å²) in [6.45, 7) is 7.23. The molecule has 0 spiro atoms. The van der Waals surface area contributed by atoms with Crippen molar-refractivity contribution in [3.8, 4) is 0 Å². The minimum atomic E-state index is 0.708. The van der Waals surface area contributed by atoms with Crippen molar-refractivity contribution < 1.29 is 9.47 Å². The fourth-order valence-corrected chi connectivity index (χ4v) is 2.89. The van der Waals surface area contributed by atoms with E-state index in [1.807, 2.05) is 0 Å². The molecule has 4 heteroatoms. The highest BCUT2D eigenvalue weighted by Crippen LogP contribution is 2.28. The third-order valence-corrected chi connectivity index (χ3v) is 4.12. The Morgan fingerprint density at radius 3 is 2.74 bits per heavy atom. The number of hydrogen-bond donors (Lipinski definition) is 1. The molecule has 1 aliphatic carbocycles. The molecule has 0 amide bonds. The summed E-state index contributed by atoms with van der Waals surface area (Å²) in [4.78, 5) is 2.71. The lowest BCUT2D eigenvalue weighted by Crippen LogP contribution is -2.39. The summed E-state index contributed by atoms with van der Waals surface area (Å²) in [7, 11) is 1.72. The SMILES string of the molecule is COCCOCCCN(CC1CCCNC1)C1CC1. The first kappa shape index (κ1) is 15.2. The Hall–Kier alpha value is -0.160. The van der Waals surface area contributed by atoms with Gasteiger partial charge in [0.15, 0.2) is 0 Å². The Kier molecular flexibility index (Phi) is 7.14. The van der Waals surface area contributed by atoms with Gasteiger partial charge in [-0.25, -0.2) is 0 Å². The molecule has 1 saturated heterocycles. The molecule has 1 aliphatic heterocycles. The maximum absolute atomic E-state index is 5.55. The molecule has 0 radical (unpaired) electrons. The number of methoxy groups -OCH3 is 1. The van der Waals surface area contributed by atoms with Gasteiger partial charge in [0.2, 0.25) is 0 Å². The summed E-state index contributed by atoms with van der Waals surface area (Å²) < 4.78 is 10.5. The second-order valence-electron chi connectivity index (χ2n) is 5.90. The smallest absolute Gasteiger partial charge is 0.0700 e. The summed E-state index contributed by atoms with van der Waals surface area (Å²) in [5.74, 6) is 0.865. The highest BCUT2D eigenvalue weighted by Gasteiger charge is 2.30. The fraction of sp³-hybridized carbons (Fsp3) is 1.00. The van der Waals surface area contributed by atoms with E-state index in [0.29, 0.717) is 6.61 Å². The van der Waals surface area contributed by atoms with Crippen molar-refractivity contribution in [2.75, 3.05) is 53.1 Å². The molecule has 1 atom stereocenters. The van der Waals surface area contributed by atoms with Crippen LogP contribution >= 0.6 is 0 Å². The third kappa shape index (κ3) is 6.21. The zero-order valence-electron chi connectivity index (χ0n) is 12.4. The number of nitrogens with one attached hydrogen (secondary N) is 1. The topological polar surface area (TPSA) is 33.7 Å². The van der Waals surface area contributed by atoms with Crippen LogP contribution in [0.2, 0.25) is 0 Å². The van der Waals surface area contributed by atoms with Crippen LogP contribution < -0.4 is 5.32 Å². The van der Waals surface area contributed by atoms with E-state index in [1.54, 1.807) is 7.11 Å². The van der Waals surface area contributed by atoms with Crippen LogP contribution in [0.1, 0.15) is 32.1 Å². The molecule has 1 heterocycles. The van der Waals surface area contributed by atoms with E-state index < -0.39 is 0 Å². The van der Waals surface area contributed by atoms with E-state index in [0.717, 1.165) is 31.6 Å². The zero-order chi connectivity index (χ0) is 13.3. The molecule has 0 bridgehead atoms. The third-order valence-electron chi connectivity index (χ3n) is 4.12. The van der Waals surface area contributed by atoms with Crippen molar-refractivity contribution in [1.29, 1.82) is 0 Å². The van der Waals surface area contributed by atoms with Crippen molar-refractivity contribution in [1.82, 2.24) is 10.2 Å². The predicted octanol–water partition coefficient (Wildman–Crippen LogP) is 1.50. The lowest BCUT2D eigenvalue weighted by Gasteiger charge is -2.30. The van der Waals surface area contributed by atoms with Gasteiger partial charge in [0.1, 0.15) is 0 Å². The molecule has 1 unspecified atom stereocenters. The first-order valence-corrected chi connectivity index (χ1v) is 7.91. The van der Waals surface area contributed by atoms with Crippen LogP contribution in [0.5, 0.6) is 0 Å². The van der Waals surface area contributed by atoms with E-state index >= 15 is 0 Å². The minimum absolute atomic E-state index is 0.708. The normalized spacial score (nSPS) is 24.0. The van der Waals surface area contributed by atoms with E-state index in [2.05, 4.69) is 10.2 Å². The number of hydrogen-bond acceptors (Lipinski definition) is 4. The second kappa shape index (κ2) is 8.90. The molecule has 0 aromatic carbocycles. The van der Waals surface area contributed by atoms with Crippen LogP contribution in [0.3, 0.4) is 0 Å². The van der Waals surface area contributed by atoms with E-state index in [-0.39, 0.29) is 0 Å². The van der Waals surface area contributed by atoms with Gasteiger partial charge in [-0.3, -0.25) is 4.90 Å². The summed E-state index contributed by atoms with van der Waals surface area (Å²) >= 11 is 0. The standard InChI is InChI=1S/C15H30N2O2/c1-18-10-11-19-9-3-8-17(15-5-6-15)13-14-4-2-7-16-12-14/h14-16H,2-13H2,1H3. The molecule has 1 saturated carbocycles. The molecule has 19 heavy (non-hydrogen) atoms. The second-order valence-corrected chi connectivity index (χ2v) is 5.90. The summed E-state index contributed by atoms with van der Waals surface area (Å²) in [5.41, 5.74) is 0. The Morgan fingerprint density at radius 1 is 1.16 bits per heavy atom. The van der Waals surface area contributed by atoms with Crippen molar-refractivity contribution in [2.24, 2.45) is 5.92 Å². The van der Waals surface area contributed by atoms with Gasteiger partial charge in [0, 0.05) is 32.8 Å². The predicted molar refractivity (Wildman–Crippen MR) is 77.5 cm³/mol. The van der Waals surface area contributed by atoms with E-state index in [4.69, 9.17) is 9.47 Å². The number of nitrogens with zero attached hydrogens (tertiary/aromatic N) is 1. The van der Waals surface area contributed by atoms with Crippen molar-refractivity contribution >= 4 is 0 Å². The monoisotopic (exact) mass is 270 g/mol. The largest absolute Gasteiger partial charge is 0.382 e. The fourth-order valence-electron chi connectivity index (χ4n) is 2.89. The van der Waals surface area contributed by atoms with Gasteiger partial charge >= 0.3 is 0 Å². The van der Waals surface area contributed by atoms with Crippen molar-refractivity contribution in [3.05, 3.63) is 0 Å². The number of rotatable bonds is 10. The molecular formula is C15H30N2O2. The highest BCUT2D eigenvalue weighted by atomic mass is 16.5. The lowest BCUT2D eigenvalue weighted by molar-refractivity contribution is 0.0635. The first-order chi connectivity index (χ1) is 9.40. The average molecular weight is 270 g/mol.